The minimum Gasteiger partial charge on any atom is -0.338 e. The lowest BCUT2D eigenvalue weighted by Gasteiger charge is -2.20. The molecule has 1 aromatic rings. The lowest BCUT2D eigenvalue weighted by molar-refractivity contribution is 0.0775. The Hall–Kier alpha value is -0.0600. The van der Waals surface area contributed by atoms with E-state index in [-0.39, 0.29) is 5.91 Å². The van der Waals surface area contributed by atoms with Crippen molar-refractivity contribution in [1.29, 1.82) is 0 Å². The fourth-order valence-corrected chi connectivity index (χ4v) is 2.52. The third-order valence-corrected chi connectivity index (χ3v) is 3.35. The SMILES string of the molecule is CCN(CCBr)C(=O)c1ccc(Br)cc1Cl. The number of nitrogens with zero attached hydrogens (tertiary/aromatic N) is 1. The number of halogens is 3. The van der Waals surface area contributed by atoms with Gasteiger partial charge in [-0.1, -0.05) is 43.5 Å². The number of alkyl halides is 1. The maximum Gasteiger partial charge on any atom is 0.255 e. The van der Waals surface area contributed by atoms with E-state index < -0.39 is 0 Å². The molecule has 0 saturated carbocycles. The fraction of sp³-hybridized carbons (Fsp3) is 0.364. The highest BCUT2D eigenvalue weighted by atomic mass is 79.9. The summed E-state index contributed by atoms with van der Waals surface area (Å²) in [5, 5.41) is 1.24. The van der Waals surface area contributed by atoms with Crippen LogP contribution in [0.3, 0.4) is 0 Å². The van der Waals surface area contributed by atoms with Crippen molar-refractivity contribution in [3.05, 3.63) is 33.3 Å². The molecule has 0 spiro atoms. The lowest BCUT2D eigenvalue weighted by atomic mass is 10.2. The molecular weight excluding hydrogens is 357 g/mol. The van der Waals surface area contributed by atoms with E-state index in [1.165, 1.54) is 0 Å². The third-order valence-electron chi connectivity index (χ3n) is 2.18. The largest absolute Gasteiger partial charge is 0.338 e. The van der Waals surface area contributed by atoms with Gasteiger partial charge in [-0.05, 0) is 25.1 Å². The van der Waals surface area contributed by atoms with Gasteiger partial charge in [0, 0.05) is 22.9 Å². The molecule has 0 aliphatic rings. The van der Waals surface area contributed by atoms with Crippen molar-refractivity contribution >= 4 is 49.4 Å². The van der Waals surface area contributed by atoms with Crippen molar-refractivity contribution in [2.75, 3.05) is 18.4 Å². The van der Waals surface area contributed by atoms with E-state index in [0.717, 1.165) is 9.80 Å². The fourth-order valence-electron chi connectivity index (χ4n) is 1.34. The lowest BCUT2D eigenvalue weighted by Crippen LogP contribution is -2.32. The predicted molar refractivity (Wildman–Crippen MR) is 74.5 cm³/mol. The van der Waals surface area contributed by atoms with E-state index in [9.17, 15) is 4.79 Å². The first kappa shape index (κ1) is 14.0. The quantitative estimate of drug-likeness (QED) is 0.736. The van der Waals surface area contributed by atoms with Gasteiger partial charge < -0.3 is 4.90 Å². The Labute approximate surface area is 117 Å². The number of carbonyl (C=O) groups excluding carboxylic acids is 1. The van der Waals surface area contributed by atoms with Gasteiger partial charge in [-0.2, -0.15) is 0 Å². The maximum atomic E-state index is 12.1. The summed E-state index contributed by atoms with van der Waals surface area (Å²) in [6.45, 7) is 3.31. The molecule has 0 atom stereocenters. The van der Waals surface area contributed by atoms with Crippen molar-refractivity contribution in [1.82, 2.24) is 4.90 Å². The molecule has 0 bridgehead atoms. The van der Waals surface area contributed by atoms with E-state index in [4.69, 9.17) is 11.6 Å². The summed E-state index contributed by atoms with van der Waals surface area (Å²) in [6.07, 6.45) is 0. The zero-order valence-corrected chi connectivity index (χ0v) is 12.8. The summed E-state index contributed by atoms with van der Waals surface area (Å²) in [7, 11) is 0. The molecule has 1 aromatic carbocycles. The summed E-state index contributed by atoms with van der Waals surface area (Å²) < 4.78 is 0.873. The van der Waals surface area contributed by atoms with E-state index in [2.05, 4.69) is 31.9 Å². The van der Waals surface area contributed by atoms with Gasteiger partial charge in [0.25, 0.3) is 5.91 Å². The van der Waals surface area contributed by atoms with Crippen LogP contribution in [0, 0.1) is 0 Å². The van der Waals surface area contributed by atoms with Crippen LogP contribution in [-0.2, 0) is 0 Å². The second-order valence-corrected chi connectivity index (χ2v) is 5.31. The van der Waals surface area contributed by atoms with Gasteiger partial charge in [0.1, 0.15) is 0 Å². The van der Waals surface area contributed by atoms with Gasteiger partial charge in [-0.15, -0.1) is 0 Å². The van der Waals surface area contributed by atoms with Gasteiger partial charge in [0.15, 0.2) is 0 Å². The first-order chi connectivity index (χ1) is 7.60. The number of benzene rings is 1. The molecule has 0 unspecified atom stereocenters. The Bertz CT molecular complexity index is 384. The molecule has 5 heteroatoms. The van der Waals surface area contributed by atoms with Crippen LogP contribution in [0.4, 0.5) is 0 Å². The highest BCUT2D eigenvalue weighted by Gasteiger charge is 2.16. The zero-order chi connectivity index (χ0) is 12.1. The van der Waals surface area contributed by atoms with Crippen LogP contribution < -0.4 is 0 Å². The van der Waals surface area contributed by atoms with Crippen LogP contribution in [-0.4, -0.2) is 29.2 Å². The second-order valence-electron chi connectivity index (χ2n) is 3.20. The average Bonchev–Trinajstić information content (AvgIpc) is 2.25. The standard InChI is InChI=1S/C11H12Br2ClNO/c1-2-15(6-5-12)11(16)9-4-3-8(13)7-10(9)14/h3-4,7H,2,5-6H2,1H3. The van der Waals surface area contributed by atoms with Crippen LogP contribution in [0.1, 0.15) is 17.3 Å². The first-order valence-corrected chi connectivity index (χ1v) is 7.19. The Morgan fingerprint density at radius 1 is 1.50 bits per heavy atom. The van der Waals surface area contributed by atoms with Crippen molar-refractivity contribution < 1.29 is 4.79 Å². The molecule has 0 N–H and O–H groups in total. The number of rotatable bonds is 4. The van der Waals surface area contributed by atoms with Crippen molar-refractivity contribution in [2.45, 2.75) is 6.92 Å². The Morgan fingerprint density at radius 3 is 2.69 bits per heavy atom. The summed E-state index contributed by atoms with van der Waals surface area (Å²) in [4.78, 5) is 13.9. The highest BCUT2D eigenvalue weighted by molar-refractivity contribution is 9.10. The van der Waals surface area contributed by atoms with Gasteiger partial charge >= 0.3 is 0 Å². The average molecular weight is 369 g/mol. The Morgan fingerprint density at radius 2 is 2.19 bits per heavy atom. The highest BCUT2D eigenvalue weighted by Crippen LogP contribution is 2.22. The molecule has 0 saturated heterocycles. The first-order valence-electron chi connectivity index (χ1n) is 4.90. The molecule has 1 rings (SSSR count). The van der Waals surface area contributed by atoms with E-state index >= 15 is 0 Å². The summed E-state index contributed by atoms with van der Waals surface area (Å²) in [5.74, 6) is -0.0283. The van der Waals surface area contributed by atoms with Crippen molar-refractivity contribution in [3.8, 4) is 0 Å². The normalized spacial score (nSPS) is 10.2. The molecule has 0 aliphatic heterocycles. The third kappa shape index (κ3) is 3.47. The zero-order valence-electron chi connectivity index (χ0n) is 8.84. The molecule has 88 valence electrons. The monoisotopic (exact) mass is 367 g/mol. The molecule has 0 fully saturated rings. The van der Waals surface area contributed by atoms with Crippen LogP contribution in [0.15, 0.2) is 22.7 Å². The van der Waals surface area contributed by atoms with Crippen LogP contribution in [0.5, 0.6) is 0 Å². The Kier molecular flexibility index (Phi) is 5.79. The molecule has 1 amide bonds. The summed E-state index contributed by atoms with van der Waals surface area (Å²) in [5.41, 5.74) is 0.549. The van der Waals surface area contributed by atoms with E-state index in [0.29, 0.717) is 23.7 Å². The summed E-state index contributed by atoms with van der Waals surface area (Å²) in [6, 6.07) is 5.30. The molecule has 0 heterocycles. The predicted octanol–water partition coefficient (Wildman–Crippen LogP) is 3.96. The number of hydrogen-bond acceptors (Lipinski definition) is 1. The maximum absolute atomic E-state index is 12.1. The molecule has 0 aliphatic carbocycles. The van der Waals surface area contributed by atoms with Gasteiger partial charge in [-0.3, -0.25) is 4.79 Å². The topological polar surface area (TPSA) is 20.3 Å². The van der Waals surface area contributed by atoms with Gasteiger partial charge in [-0.25, -0.2) is 0 Å². The molecule has 2 nitrogen and oxygen atoms in total. The van der Waals surface area contributed by atoms with Gasteiger partial charge in [0.2, 0.25) is 0 Å². The minimum atomic E-state index is -0.0283. The van der Waals surface area contributed by atoms with E-state index in [1.807, 2.05) is 13.0 Å². The smallest absolute Gasteiger partial charge is 0.255 e. The molecule has 16 heavy (non-hydrogen) atoms. The van der Waals surface area contributed by atoms with E-state index in [1.54, 1.807) is 17.0 Å². The van der Waals surface area contributed by atoms with Crippen LogP contribution >= 0.6 is 43.5 Å². The molecule has 0 radical (unpaired) electrons. The van der Waals surface area contributed by atoms with Gasteiger partial charge in [0.05, 0.1) is 10.6 Å². The summed E-state index contributed by atoms with van der Waals surface area (Å²) >= 11 is 12.7. The minimum absolute atomic E-state index is 0.0283. The Balaban J connectivity index is 2.94. The van der Waals surface area contributed by atoms with Crippen LogP contribution in [0.25, 0.3) is 0 Å². The van der Waals surface area contributed by atoms with Crippen molar-refractivity contribution in [2.24, 2.45) is 0 Å². The van der Waals surface area contributed by atoms with Crippen LogP contribution in [0.2, 0.25) is 5.02 Å². The second kappa shape index (κ2) is 6.62. The molecular formula is C11H12Br2ClNO. The molecule has 0 aromatic heterocycles. The number of amides is 1. The van der Waals surface area contributed by atoms with Crippen molar-refractivity contribution in [3.63, 3.8) is 0 Å². The number of hydrogen-bond donors (Lipinski definition) is 0. The number of carbonyl (C=O) groups is 1.